The first-order chi connectivity index (χ1) is 14.3. The number of amides is 2. The number of aryl methyl sites for hydroxylation is 1. The van der Waals surface area contributed by atoms with E-state index in [9.17, 15) is 18.0 Å². The number of sulfonamides is 1. The maximum absolute atomic E-state index is 13.2. The number of carbonyl (C=O) groups is 2. The molecule has 2 saturated heterocycles. The fourth-order valence-corrected chi connectivity index (χ4v) is 8.19. The molecule has 0 spiro atoms. The lowest BCUT2D eigenvalue weighted by atomic mass is 9.81. The molecule has 0 aromatic heterocycles. The Balaban J connectivity index is 1.31. The van der Waals surface area contributed by atoms with Gasteiger partial charge in [-0.1, -0.05) is 33.6 Å². The van der Waals surface area contributed by atoms with Crippen LogP contribution in [0.25, 0.3) is 0 Å². The number of halogens is 1. The molecule has 1 unspecified atom stereocenters. The molecule has 2 aromatic rings. The molecular formula is C22H19BrN2O4S. The van der Waals surface area contributed by atoms with E-state index < -0.39 is 21.9 Å². The molecule has 6 nitrogen and oxygen atoms in total. The smallest absolute Gasteiger partial charge is 0.243 e. The van der Waals surface area contributed by atoms with Gasteiger partial charge in [0.2, 0.25) is 21.8 Å². The van der Waals surface area contributed by atoms with Crippen molar-refractivity contribution in [2.45, 2.75) is 30.3 Å². The van der Waals surface area contributed by atoms with Gasteiger partial charge in [-0.15, -0.1) is 0 Å². The van der Waals surface area contributed by atoms with Crippen molar-refractivity contribution >= 4 is 43.5 Å². The highest BCUT2D eigenvalue weighted by molar-refractivity contribution is 9.10. The summed E-state index contributed by atoms with van der Waals surface area (Å²) in [5, 5.41) is 0. The van der Waals surface area contributed by atoms with Gasteiger partial charge in [0.15, 0.2) is 0 Å². The highest BCUT2D eigenvalue weighted by Gasteiger charge is 2.78. The number of hydrogen-bond acceptors (Lipinski definition) is 4. The first kappa shape index (κ1) is 18.7. The molecule has 2 aliphatic carbocycles. The first-order valence-electron chi connectivity index (χ1n) is 10.0. The molecule has 6 rings (SSSR count). The summed E-state index contributed by atoms with van der Waals surface area (Å²) in [6.07, 6.45) is 0.760. The van der Waals surface area contributed by atoms with Crippen molar-refractivity contribution in [3.8, 4) is 0 Å². The molecule has 2 bridgehead atoms. The third-order valence-electron chi connectivity index (χ3n) is 7.27. The van der Waals surface area contributed by atoms with Gasteiger partial charge in [-0.3, -0.25) is 14.5 Å². The molecule has 4 aliphatic rings. The number of nitrogens with zero attached hydrogens (tertiary/aromatic N) is 2. The van der Waals surface area contributed by atoms with Crippen LogP contribution in [0.5, 0.6) is 0 Å². The van der Waals surface area contributed by atoms with Crippen LogP contribution in [0.4, 0.5) is 5.69 Å². The zero-order valence-corrected chi connectivity index (χ0v) is 18.5. The number of piperidine rings is 1. The zero-order valence-electron chi connectivity index (χ0n) is 16.1. The quantitative estimate of drug-likeness (QED) is 0.493. The molecule has 2 aliphatic heterocycles. The van der Waals surface area contributed by atoms with Gasteiger partial charge >= 0.3 is 0 Å². The van der Waals surface area contributed by atoms with Crippen LogP contribution in [0.15, 0.2) is 57.9 Å². The lowest BCUT2D eigenvalue weighted by Crippen LogP contribution is -2.34. The van der Waals surface area contributed by atoms with Crippen LogP contribution in [0.3, 0.4) is 0 Å². The van der Waals surface area contributed by atoms with Crippen molar-refractivity contribution < 1.29 is 18.0 Å². The molecule has 2 aromatic carbocycles. The average molecular weight is 487 g/mol. The summed E-state index contributed by atoms with van der Waals surface area (Å²) in [6.45, 7) is 1.92. The Morgan fingerprint density at radius 1 is 0.867 bits per heavy atom. The predicted molar refractivity (Wildman–Crippen MR) is 113 cm³/mol. The number of rotatable bonds is 3. The van der Waals surface area contributed by atoms with E-state index in [0.717, 1.165) is 16.5 Å². The molecule has 7 atom stereocenters. The second-order valence-electron chi connectivity index (χ2n) is 8.73. The number of carbonyl (C=O) groups excluding carboxylic acids is 2. The van der Waals surface area contributed by atoms with Gasteiger partial charge in [-0.05, 0) is 61.6 Å². The molecule has 2 amide bonds. The zero-order chi connectivity index (χ0) is 20.9. The molecule has 2 saturated carbocycles. The lowest BCUT2D eigenvalue weighted by molar-refractivity contribution is -0.123. The lowest BCUT2D eigenvalue weighted by Gasteiger charge is -2.20. The minimum Gasteiger partial charge on any atom is -0.274 e. The van der Waals surface area contributed by atoms with Crippen LogP contribution in [0.2, 0.25) is 0 Å². The second-order valence-corrected chi connectivity index (χ2v) is 11.5. The molecule has 0 N–H and O–H groups in total. The van der Waals surface area contributed by atoms with Crippen LogP contribution < -0.4 is 4.90 Å². The van der Waals surface area contributed by atoms with Crippen molar-refractivity contribution in [1.29, 1.82) is 0 Å². The molecule has 0 radical (unpaired) electrons. The Hall–Kier alpha value is -2.03. The maximum atomic E-state index is 13.2. The van der Waals surface area contributed by atoms with E-state index in [1.54, 1.807) is 40.7 Å². The third kappa shape index (κ3) is 2.30. The number of anilines is 1. The summed E-state index contributed by atoms with van der Waals surface area (Å²) in [6, 6.07) is 13.7. The van der Waals surface area contributed by atoms with E-state index in [0.29, 0.717) is 5.69 Å². The van der Waals surface area contributed by atoms with Crippen molar-refractivity contribution in [2.75, 3.05) is 4.90 Å². The summed E-state index contributed by atoms with van der Waals surface area (Å²) in [4.78, 5) is 28.0. The van der Waals surface area contributed by atoms with Crippen LogP contribution >= 0.6 is 15.9 Å². The van der Waals surface area contributed by atoms with E-state index in [4.69, 9.17) is 0 Å². The van der Waals surface area contributed by atoms with Gasteiger partial charge < -0.3 is 0 Å². The van der Waals surface area contributed by atoms with Crippen molar-refractivity contribution in [3.05, 3.63) is 58.6 Å². The normalized spacial score (nSPS) is 36.2. The molecule has 154 valence electrons. The minimum atomic E-state index is -3.61. The molecular weight excluding hydrogens is 468 g/mol. The van der Waals surface area contributed by atoms with Gasteiger partial charge in [0.05, 0.1) is 22.4 Å². The highest BCUT2D eigenvalue weighted by atomic mass is 79.9. The Bertz CT molecular complexity index is 1160. The summed E-state index contributed by atoms with van der Waals surface area (Å²) < 4.78 is 28.8. The van der Waals surface area contributed by atoms with Crippen LogP contribution in [-0.2, 0) is 19.6 Å². The fourth-order valence-electron chi connectivity index (χ4n) is 6.05. The SMILES string of the molecule is Cc1ccc(S(=O)(=O)N2[C@@H]3[C@H]4C[C@H]([C@H]5C(=O)N(c6ccc(Br)cc6)C(=O)[C@@H]45)[C@@H]32)cc1. The molecule has 2 heterocycles. The van der Waals surface area contributed by atoms with Gasteiger partial charge in [-0.25, -0.2) is 8.42 Å². The molecule has 4 fully saturated rings. The largest absolute Gasteiger partial charge is 0.274 e. The van der Waals surface area contributed by atoms with Crippen molar-refractivity contribution in [1.82, 2.24) is 4.31 Å². The highest BCUT2D eigenvalue weighted by Crippen LogP contribution is 2.66. The Morgan fingerprint density at radius 3 is 1.93 bits per heavy atom. The van der Waals surface area contributed by atoms with Crippen molar-refractivity contribution in [2.24, 2.45) is 23.7 Å². The monoisotopic (exact) mass is 486 g/mol. The predicted octanol–water partition coefficient (Wildman–Crippen LogP) is 2.95. The summed E-state index contributed by atoms with van der Waals surface area (Å²) in [5.74, 6) is -1.35. The standard InChI is InChI=1S/C22H19BrN2O4S/c1-11-2-8-14(9-3-11)30(28,29)25-19-15-10-16(20(19)25)18-17(15)21(26)24(22(18)27)13-6-4-12(23)5-7-13/h2-9,15-20H,10H2,1H3/t15-,16+,17-,18+,19+,20-,25?. The summed E-state index contributed by atoms with van der Waals surface area (Å²) in [7, 11) is -3.61. The average Bonchev–Trinajstić information content (AvgIpc) is 3.11. The summed E-state index contributed by atoms with van der Waals surface area (Å²) >= 11 is 3.37. The van der Waals surface area contributed by atoms with Crippen LogP contribution in [0, 0.1) is 30.6 Å². The Labute approximate surface area is 183 Å². The first-order valence-corrected chi connectivity index (χ1v) is 12.3. The minimum absolute atomic E-state index is 0.0814. The topological polar surface area (TPSA) is 74.5 Å². The van der Waals surface area contributed by atoms with E-state index in [1.165, 1.54) is 4.90 Å². The third-order valence-corrected chi connectivity index (χ3v) is 9.71. The van der Waals surface area contributed by atoms with Gasteiger partial charge in [0.1, 0.15) is 0 Å². The maximum Gasteiger partial charge on any atom is 0.243 e. The van der Waals surface area contributed by atoms with E-state index in [2.05, 4.69) is 15.9 Å². The second kappa shape index (κ2) is 6.02. The van der Waals surface area contributed by atoms with E-state index in [-0.39, 0.29) is 40.6 Å². The Kier molecular flexibility index (Phi) is 3.76. The van der Waals surface area contributed by atoms with Gasteiger partial charge in [0.25, 0.3) is 0 Å². The van der Waals surface area contributed by atoms with Crippen LogP contribution in [0.1, 0.15) is 12.0 Å². The van der Waals surface area contributed by atoms with E-state index in [1.807, 2.05) is 19.1 Å². The van der Waals surface area contributed by atoms with Crippen LogP contribution in [-0.4, -0.2) is 36.6 Å². The molecule has 8 heteroatoms. The van der Waals surface area contributed by atoms with Gasteiger partial charge in [-0.2, -0.15) is 4.31 Å². The Morgan fingerprint density at radius 2 is 1.40 bits per heavy atom. The number of fused-ring (bicyclic) bond motifs is 8. The molecule has 30 heavy (non-hydrogen) atoms. The fraction of sp³-hybridized carbons (Fsp3) is 0.364. The van der Waals surface area contributed by atoms with Gasteiger partial charge in [0, 0.05) is 16.6 Å². The number of imide groups is 1. The van der Waals surface area contributed by atoms with E-state index >= 15 is 0 Å². The number of benzene rings is 2. The van der Waals surface area contributed by atoms with Crippen molar-refractivity contribution in [3.63, 3.8) is 0 Å². The summed E-state index contributed by atoms with van der Waals surface area (Å²) in [5.41, 5.74) is 1.58. The number of hydrogen-bond donors (Lipinski definition) is 0.